The van der Waals surface area contributed by atoms with E-state index in [2.05, 4.69) is 11.8 Å². The molecule has 0 atom stereocenters. The highest BCUT2D eigenvalue weighted by Crippen LogP contribution is 2.48. The summed E-state index contributed by atoms with van der Waals surface area (Å²) in [6.45, 7) is 3.19. The molecule has 0 unspecified atom stereocenters. The number of carbonyl (C=O) groups is 2. The lowest BCUT2D eigenvalue weighted by molar-refractivity contribution is 0.111. The van der Waals surface area contributed by atoms with Gasteiger partial charge in [-0.15, -0.1) is 0 Å². The van der Waals surface area contributed by atoms with E-state index in [0.29, 0.717) is 11.1 Å². The maximum absolute atomic E-state index is 11.1. The van der Waals surface area contributed by atoms with Gasteiger partial charge in [0.1, 0.15) is 12.6 Å². The third-order valence-electron chi connectivity index (χ3n) is 4.78. The van der Waals surface area contributed by atoms with Gasteiger partial charge in [-0.05, 0) is 42.8 Å². The SMILES string of the molecule is CCCCCCCCN1c2ccc(C=O)cc2Sc2cc(C=O)ccc21. The van der Waals surface area contributed by atoms with E-state index < -0.39 is 0 Å². The minimum atomic E-state index is 0.686. The zero-order chi connectivity index (χ0) is 18.4. The van der Waals surface area contributed by atoms with Crippen LogP contribution in [0.15, 0.2) is 46.2 Å². The lowest BCUT2D eigenvalue weighted by Gasteiger charge is -2.33. The molecule has 26 heavy (non-hydrogen) atoms. The number of unbranched alkanes of at least 4 members (excludes halogenated alkanes) is 5. The molecule has 0 aliphatic carbocycles. The molecule has 1 aliphatic heterocycles. The normalized spacial score (nSPS) is 12.4. The van der Waals surface area contributed by atoms with Gasteiger partial charge in [0.05, 0.1) is 11.4 Å². The first-order chi connectivity index (χ1) is 12.8. The Kier molecular flexibility index (Phi) is 6.51. The molecule has 136 valence electrons. The summed E-state index contributed by atoms with van der Waals surface area (Å²) in [4.78, 5) is 26.8. The highest BCUT2D eigenvalue weighted by Gasteiger charge is 2.23. The van der Waals surface area contributed by atoms with Crippen LogP contribution < -0.4 is 4.90 Å². The van der Waals surface area contributed by atoms with Gasteiger partial charge >= 0.3 is 0 Å². The molecule has 0 aromatic heterocycles. The number of anilines is 2. The number of nitrogens with zero attached hydrogens (tertiary/aromatic N) is 1. The third-order valence-corrected chi connectivity index (χ3v) is 5.87. The van der Waals surface area contributed by atoms with Gasteiger partial charge in [0.15, 0.2) is 0 Å². The molecular formula is C22H25NO2S. The van der Waals surface area contributed by atoms with Crippen molar-refractivity contribution in [2.45, 2.75) is 55.2 Å². The van der Waals surface area contributed by atoms with E-state index >= 15 is 0 Å². The molecule has 2 aromatic carbocycles. The molecular weight excluding hydrogens is 342 g/mol. The van der Waals surface area contributed by atoms with Gasteiger partial charge in [-0.1, -0.05) is 50.8 Å². The molecule has 0 N–H and O–H groups in total. The number of hydrogen-bond acceptors (Lipinski definition) is 4. The van der Waals surface area contributed by atoms with E-state index in [1.807, 2.05) is 36.4 Å². The summed E-state index contributed by atoms with van der Waals surface area (Å²) in [6, 6.07) is 11.7. The van der Waals surface area contributed by atoms with E-state index in [-0.39, 0.29) is 0 Å². The van der Waals surface area contributed by atoms with E-state index in [4.69, 9.17) is 0 Å². The maximum atomic E-state index is 11.1. The molecule has 3 nitrogen and oxygen atoms in total. The molecule has 4 heteroatoms. The fourth-order valence-corrected chi connectivity index (χ4v) is 4.55. The first kappa shape index (κ1) is 18.7. The second-order valence-electron chi connectivity index (χ2n) is 6.71. The van der Waals surface area contributed by atoms with E-state index in [9.17, 15) is 9.59 Å². The van der Waals surface area contributed by atoms with Crippen LogP contribution in [0.5, 0.6) is 0 Å². The Balaban J connectivity index is 1.82. The number of benzene rings is 2. The summed E-state index contributed by atoms with van der Waals surface area (Å²) < 4.78 is 0. The van der Waals surface area contributed by atoms with Crippen molar-refractivity contribution in [3.05, 3.63) is 47.5 Å². The Morgan fingerprint density at radius 2 is 1.35 bits per heavy atom. The van der Waals surface area contributed by atoms with Crippen LogP contribution in [0.1, 0.15) is 66.2 Å². The monoisotopic (exact) mass is 367 g/mol. The van der Waals surface area contributed by atoms with Crippen LogP contribution in [0, 0.1) is 0 Å². The predicted molar refractivity (Wildman–Crippen MR) is 108 cm³/mol. The molecule has 0 fully saturated rings. The van der Waals surface area contributed by atoms with Gasteiger partial charge in [-0.2, -0.15) is 0 Å². The van der Waals surface area contributed by atoms with Crippen LogP contribution >= 0.6 is 11.8 Å². The van der Waals surface area contributed by atoms with Gasteiger partial charge in [0.25, 0.3) is 0 Å². The summed E-state index contributed by atoms with van der Waals surface area (Å²) in [6.07, 6.45) is 9.31. The molecule has 0 spiro atoms. The number of aldehydes is 2. The van der Waals surface area contributed by atoms with Gasteiger partial charge in [0.2, 0.25) is 0 Å². The highest BCUT2D eigenvalue weighted by molar-refractivity contribution is 7.99. The Morgan fingerprint density at radius 3 is 1.88 bits per heavy atom. The lowest BCUT2D eigenvalue weighted by atomic mass is 10.1. The summed E-state index contributed by atoms with van der Waals surface area (Å²) >= 11 is 1.64. The van der Waals surface area contributed by atoms with Crippen LogP contribution in [0.2, 0.25) is 0 Å². The Bertz CT molecular complexity index is 730. The smallest absolute Gasteiger partial charge is 0.150 e. The van der Waals surface area contributed by atoms with Gasteiger partial charge in [-0.3, -0.25) is 9.59 Å². The first-order valence-corrected chi connectivity index (χ1v) is 10.2. The summed E-state index contributed by atoms with van der Waals surface area (Å²) in [5.41, 5.74) is 3.68. The number of rotatable bonds is 9. The summed E-state index contributed by atoms with van der Waals surface area (Å²) in [7, 11) is 0. The van der Waals surface area contributed by atoms with Gasteiger partial charge in [0, 0.05) is 27.5 Å². The largest absolute Gasteiger partial charge is 0.340 e. The predicted octanol–water partition coefficient (Wildman–Crippen LogP) is 6.27. The van der Waals surface area contributed by atoms with E-state index in [0.717, 1.165) is 46.7 Å². The molecule has 0 bridgehead atoms. The highest BCUT2D eigenvalue weighted by atomic mass is 32.2. The Hall–Kier alpha value is -2.07. The van der Waals surface area contributed by atoms with Crippen molar-refractivity contribution in [3.8, 4) is 0 Å². The zero-order valence-electron chi connectivity index (χ0n) is 15.2. The van der Waals surface area contributed by atoms with Crippen LogP contribution in [-0.4, -0.2) is 19.1 Å². The summed E-state index contributed by atoms with van der Waals surface area (Å²) in [5, 5.41) is 0. The second kappa shape index (κ2) is 9.04. The van der Waals surface area contributed by atoms with Crippen LogP contribution in [-0.2, 0) is 0 Å². The molecule has 1 heterocycles. The minimum Gasteiger partial charge on any atom is -0.340 e. The van der Waals surface area contributed by atoms with Gasteiger partial charge in [-0.25, -0.2) is 0 Å². The topological polar surface area (TPSA) is 37.4 Å². The minimum absolute atomic E-state index is 0.686. The van der Waals surface area contributed by atoms with E-state index in [1.54, 1.807) is 11.8 Å². The van der Waals surface area contributed by atoms with Crippen molar-refractivity contribution < 1.29 is 9.59 Å². The Morgan fingerprint density at radius 1 is 0.808 bits per heavy atom. The molecule has 1 aliphatic rings. The average molecular weight is 368 g/mol. The third kappa shape index (κ3) is 4.18. The number of hydrogen-bond donors (Lipinski definition) is 0. The van der Waals surface area contributed by atoms with Crippen molar-refractivity contribution in [1.29, 1.82) is 0 Å². The van der Waals surface area contributed by atoms with Crippen LogP contribution in [0.4, 0.5) is 11.4 Å². The van der Waals surface area contributed by atoms with Crippen molar-refractivity contribution in [3.63, 3.8) is 0 Å². The fourth-order valence-electron chi connectivity index (χ4n) is 3.36. The zero-order valence-corrected chi connectivity index (χ0v) is 16.1. The molecule has 0 saturated carbocycles. The number of carbonyl (C=O) groups excluding carboxylic acids is 2. The standard InChI is InChI=1S/C22H25NO2S/c1-2-3-4-5-6-7-12-23-19-10-8-17(15-24)13-21(19)26-22-14-18(16-25)9-11-20(22)23/h8-11,13-16H,2-7,12H2,1H3. The molecule has 0 amide bonds. The Labute approximate surface area is 159 Å². The van der Waals surface area contributed by atoms with Crippen molar-refractivity contribution >= 4 is 35.7 Å². The molecule has 0 saturated heterocycles. The second-order valence-corrected chi connectivity index (χ2v) is 7.80. The first-order valence-electron chi connectivity index (χ1n) is 9.40. The summed E-state index contributed by atoms with van der Waals surface area (Å²) in [5.74, 6) is 0. The molecule has 3 rings (SSSR count). The van der Waals surface area contributed by atoms with E-state index in [1.165, 1.54) is 32.1 Å². The molecule has 2 aromatic rings. The van der Waals surface area contributed by atoms with Crippen LogP contribution in [0.3, 0.4) is 0 Å². The average Bonchev–Trinajstić information content (AvgIpc) is 2.68. The fraction of sp³-hybridized carbons (Fsp3) is 0.364. The lowest BCUT2D eigenvalue weighted by Crippen LogP contribution is -2.22. The van der Waals surface area contributed by atoms with Crippen LogP contribution in [0.25, 0.3) is 0 Å². The van der Waals surface area contributed by atoms with Gasteiger partial charge < -0.3 is 4.90 Å². The van der Waals surface area contributed by atoms with Crippen molar-refractivity contribution in [2.75, 3.05) is 11.4 Å². The maximum Gasteiger partial charge on any atom is 0.150 e. The van der Waals surface area contributed by atoms with Crippen molar-refractivity contribution in [2.24, 2.45) is 0 Å². The number of fused-ring (bicyclic) bond motifs is 2. The van der Waals surface area contributed by atoms with Crippen molar-refractivity contribution in [1.82, 2.24) is 0 Å². The molecule has 0 radical (unpaired) electrons. The quantitative estimate of drug-likeness (QED) is 0.386.